The van der Waals surface area contributed by atoms with Crippen LogP contribution in [0.25, 0.3) is 0 Å². The van der Waals surface area contributed by atoms with Gasteiger partial charge in [0.2, 0.25) is 0 Å². The lowest BCUT2D eigenvalue weighted by Gasteiger charge is -2.04. The molecule has 0 aromatic heterocycles. The minimum atomic E-state index is -0.387. The van der Waals surface area contributed by atoms with Crippen LogP contribution in [-0.2, 0) is 6.54 Å². The number of hydrogen-bond acceptors (Lipinski definition) is 2. The molecule has 0 fully saturated rings. The fourth-order valence-corrected chi connectivity index (χ4v) is 0.932. The smallest absolute Gasteiger partial charge is 0.0761 e. The lowest BCUT2D eigenvalue weighted by molar-refractivity contribution is 0.199. The van der Waals surface area contributed by atoms with Crippen molar-refractivity contribution in [1.29, 1.82) is 0 Å². The lowest BCUT2D eigenvalue weighted by Crippen LogP contribution is -1.97. The summed E-state index contributed by atoms with van der Waals surface area (Å²) >= 11 is 0. The lowest BCUT2D eigenvalue weighted by atomic mass is 10.1. The van der Waals surface area contributed by atoms with Crippen molar-refractivity contribution in [3.8, 4) is 0 Å². The van der Waals surface area contributed by atoms with E-state index in [1.54, 1.807) is 6.92 Å². The van der Waals surface area contributed by atoms with E-state index >= 15 is 0 Å². The Morgan fingerprint density at radius 3 is 2.27 bits per heavy atom. The van der Waals surface area contributed by atoms with Crippen LogP contribution in [0.4, 0.5) is 0 Å². The summed E-state index contributed by atoms with van der Waals surface area (Å²) in [4.78, 5) is 0. The summed E-state index contributed by atoms with van der Waals surface area (Å²) in [7, 11) is 0. The molecule has 0 bridgehead atoms. The highest BCUT2D eigenvalue weighted by Gasteiger charge is 1.98. The zero-order valence-electron chi connectivity index (χ0n) is 6.62. The van der Waals surface area contributed by atoms with E-state index in [1.165, 1.54) is 0 Å². The van der Waals surface area contributed by atoms with Crippen molar-refractivity contribution in [1.82, 2.24) is 0 Å². The molecule has 0 aliphatic carbocycles. The average molecular weight is 151 g/mol. The number of aliphatic hydroxyl groups is 1. The Balaban J connectivity index is 2.83. The predicted octanol–water partition coefficient (Wildman–Crippen LogP) is 1.20. The maximum absolute atomic E-state index is 9.16. The van der Waals surface area contributed by atoms with Crippen LogP contribution in [0.3, 0.4) is 0 Å². The van der Waals surface area contributed by atoms with E-state index in [0.29, 0.717) is 6.54 Å². The van der Waals surface area contributed by atoms with Crippen LogP contribution in [0.5, 0.6) is 0 Å². The first-order chi connectivity index (χ1) is 5.24. The highest BCUT2D eigenvalue weighted by atomic mass is 16.3. The Bertz CT molecular complexity index is 216. The molecule has 0 radical (unpaired) electrons. The summed E-state index contributed by atoms with van der Waals surface area (Å²) < 4.78 is 0. The molecule has 1 rings (SSSR count). The fraction of sp³-hybridized carbons (Fsp3) is 0.333. The van der Waals surface area contributed by atoms with Gasteiger partial charge in [-0.15, -0.1) is 0 Å². The minimum Gasteiger partial charge on any atom is -0.389 e. The van der Waals surface area contributed by atoms with Gasteiger partial charge in [0.15, 0.2) is 0 Å². The molecule has 0 unspecified atom stereocenters. The predicted molar refractivity (Wildman–Crippen MR) is 45.0 cm³/mol. The largest absolute Gasteiger partial charge is 0.389 e. The molecule has 3 N–H and O–H groups in total. The highest BCUT2D eigenvalue weighted by molar-refractivity contribution is 5.23. The number of aliphatic hydroxyl groups excluding tert-OH is 1. The first kappa shape index (κ1) is 8.24. The molecule has 0 heterocycles. The first-order valence-electron chi connectivity index (χ1n) is 3.71. The molecule has 0 aliphatic heterocycles. The fourth-order valence-electron chi connectivity index (χ4n) is 0.932. The normalized spacial score (nSPS) is 13.0. The Hall–Kier alpha value is -0.860. The van der Waals surface area contributed by atoms with E-state index in [2.05, 4.69) is 0 Å². The Morgan fingerprint density at radius 2 is 1.91 bits per heavy atom. The third-order valence-corrected chi connectivity index (χ3v) is 1.70. The van der Waals surface area contributed by atoms with Gasteiger partial charge in [0, 0.05) is 6.54 Å². The van der Waals surface area contributed by atoms with E-state index in [9.17, 15) is 0 Å². The van der Waals surface area contributed by atoms with Gasteiger partial charge in [0.1, 0.15) is 0 Å². The van der Waals surface area contributed by atoms with Gasteiger partial charge in [0.05, 0.1) is 6.10 Å². The molecule has 2 nitrogen and oxygen atoms in total. The number of hydrogen-bond donors (Lipinski definition) is 2. The van der Waals surface area contributed by atoms with E-state index in [1.807, 2.05) is 24.3 Å². The second-order valence-electron chi connectivity index (χ2n) is 2.62. The number of rotatable bonds is 2. The maximum Gasteiger partial charge on any atom is 0.0761 e. The van der Waals surface area contributed by atoms with Gasteiger partial charge in [-0.3, -0.25) is 0 Å². The number of nitrogens with two attached hydrogens (primary N) is 1. The molecule has 0 saturated heterocycles. The van der Waals surface area contributed by atoms with Crippen LogP contribution in [0.1, 0.15) is 24.2 Å². The zero-order valence-corrected chi connectivity index (χ0v) is 6.62. The topological polar surface area (TPSA) is 46.2 Å². The van der Waals surface area contributed by atoms with Gasteiger partial charge >= 0.3 is 0 Å². The molecule has 1 aromatic rings. The standard InChI is InChI=1S/C9H13NO/c1-7(11)9-4-2-8(6-10)3-5-9/h2-5,7,11H,6,10H2,1H3/t7-/m1/s1. The van der Waals surface area contributed by atoms with E-state index in [-0.39, 0.29) is 6.10 Å². The molecule has 0 amide bonds. The van der Waals surface area contributed by atoms with Gasteiger partial charge < -0.3 is 10.8 Å². The van der Waals surface area contributed by atoms with Crippen LogP contribution >= 0.6 is 0 Å². The van der Waals surface area contributed by atoms with Crippen LogP contribution in [0.15, 0.2) is 24.3 Å². The molecule has 60 valence electrons. The summed E-state index contributed by atoms with van der Waals surface area (Å²) in [5.41, 5.74) is 7.44. The SMILES string of the molecule is C[C@@H](O)c1ccc(CN)cc1. The molecule has 11 heavy (non-hydrogen) atoms. The second kappa shape index (κ2) is 3.51. The summed E-state index contributed by atoms with van der Waals surface area (Å²) in [6.07, 6.45) is -0.387. The summed E-state index contributed by atoms with van der Waals surface area (Å²) in [6.45, 7) is 2.30. The van der Waals surface area contributed by atoms with Crippen molar-refractivity contribution in [3.05, 3.63) is 35.4 Å². The Kier molecular flexibility index (Phi) is 2.63. The van der Waals surface area contributed by atoms with Crippen LogP contribution in [0.2, 0.25) is 0 Å². The van der Waals surface area contributed by atoms with Crippen molar-refractivity contribution in [2.45, 2.75) is 19.6 Å². The quantitative estimate of drug-likeness (QED) is 0.667. The Morgan fingerprint density at radius 1 is 1.36 bits per heavy atom. The van der Waals surface area contributed by atoms with Gasteiger partial charge in [-0.25, -0.2) is 0 Å². The van der Waals surface area contributed by atoms with E-state index in [4.69, 9.17) is 10.8 Å². The molecule has 0 spiro atoms. The van der Waals surface area contributed by atoms with Crippen molar-refractivity contribution in [2.24, 2.45) is 5.73 Å². The van der Waals surface area contributed by atoms with Gasteiger partial charge in [0.25, 0.3) is 0 Å². The van der Waals surface area contributed by atoms with Crippen LogP contribution < -0.4 is 5.73 Å². The zero-order chi connectivity index (χ0) is 8.27. The summed E-state index contributed by atoms with van der Waals surface area (Å²) in [5, 5.41) is 9.16. The average Bonchev–Trinajstić information content (AvgIpc) is 2.05. The highest BCUT2D eigenvalue weighted by Crippen LogP contribution is 2.11. The number of benzene rings is 1. The van der Waals surface area contributed by atoms with Crippen molar-refractivity contribution in [3.63, 3.8) is 0 Å². The molecule has 0 saturated carbocycles. The van der Waals surface area contributed by atoms with Crippen LogP contribution in [-0.4, -0.2) is 5.11 Å². The van der Waals surface area contributed by atoms with Crippen molar-refractivity contribution < 1.29 is 5.11 Å². The third-order valence-electron chi connectivity index (χ3n) is 1.70. The minimum absolute atomic E-state index is 0.387. The molecule has 1 aromatic carbocycles. The van der Waals surface area contributed by atoms with Gasteiger partial charge in [-0.05, 0) is 18.1 Å². The van der Waals surface area contributed by atoms with Gasteiger partial charge in [-0.2, -0.15) is 0 Å². The molecule has 0 aliphatic rings. The molecule has 1 atom stereocenters. The van der Waals surface area contributed by atoms with E-state index < -0.39 is 0 Å². The van der Waals surface area contributed by atoms with E-state index in [0.717, 1.165) is 11.1 Å². The van der Waals surface area contributed by atoms with Crippen molar-refractivity contribution >= 4 is 0 Å². The molecule has 2 heteroatoms. The third kappa shape index (κ3) is 2.03. The summed E-state index contributed by atoms with van der Waals surface area (Å²) in [5.74, 6) is 0. The maximum atomic E-state index is 9.16. The summed E-state index contributed by atoms with van der Waals surface area (Å²) in [6, 6.07) is 7.66. The monoisotopic (exact) mass is 151 g/mol. The Labute approximate surface area is 66.7 Å². The van der Waals surface area contributed by atoms with Crippen LogP contribution in [0, 0.1) is 0 Å². The second-order valence-corrected chi connectivity index (χ2v) is 2.62. The van der Waals surface area contributed by atoms with Gasteiger partial charge in [-0.1, -0.05) is 24.3 Å². The molecular formula is C9H13NO. The first-order valence-corrected chi connectivity index (χ1v) is 3.71. The molecular weight excluding hydrogens is 138 g/mol. The van der Waals surface area contributed by atoms with Crippen molar-refractivity contribution in [2.75, 3.05) is 0 Å².